The Morgan fingerprint density at radius 2 is 1.44 bits per heavy atom. The molecule has 0 fully saturated rings. The maximum Gasteiger partial charge on any atom is 0.326 e. The molecular weight excluding hydrogens is 550 g/mol. The number of carbonyl (C=O) groups excluding carboxylic acids is 3. The number of carboxylic acid groups (broad SMARTS) is 1. The van der Waals surface area contributed by atoms with Crippen molar-refractivity contribution in [1.82, 2.24) is 40.9 Å². The highest BCUT2D eigenvalue weighted by atomic mass is 32.1. The molecule has 0 bridgehead atoms. The lowest BCUT2D eigenvalue weighted by atomic mass is 10.0. The van der Waals surface area contributed by atoms with E-state index in [1.807, 2.05) is 24.3 Å². The van der Waals surface area contributed by atoms with Gasteiger partial charge >= 0.3 is 5.97 Å². The zero-order chi connectivity index (χ0) is 29.4. The van der Waals surface area contributed by atoms with Crippen molar-refractivity contribution in [1.29, 1.82) is 0 Å². The van der Waals surface area contributed by atoms with Gasteiger partial charge in [-0.2, -0.15) is 12.6 Å². The van der Waals surface area contributed by atoms with Crippen LogP contribution in [0.25, 0.3) is 10.9 Å². The molecule has 4 aromatic rings. The molecule has 0 aliphatic carbocycles. The van der Waals surface area contributed by atoms with E-state index in [4.69, 9.17) is 5.73 Å². The van der Waals surface area contributed by atoms with Crippen LogP contribution in [0.3, 0.4) is 0 Å². The van der Waals surface area contributed by atoms with Crippen LogP contribution in [-0.4, -0.2) is 83.6 Å². The van der Waals surface area contributed by atoms with Crippen molar-refractivity contribution >= 4 is 47.2 Å². The number of benzene rings is 1. The minimum absolute atomic E-state index is 0.0399. The Balaban J connectivity index is 1.48. The molecule has 41 heavy (non-hydrogen) atoms. The van der Waals surface area contributed by atoms with Gasteiger partial charge in [-0.1, -0.05) is 18.2 Å². The average molecular weight is 582 g/mol. The van der Waals surface area contributed by atoms with Crippen LogP contribution in [0.4, 0.5) is 0 Å². The number of amides is 3. The Morgan fingerprint density at radius 1 is 0.829 bits per heavy atom. The van der Waals surface area contributed by atoms with E-state index in [2.05, 4.69) is 53.5 Å². The third-order valence-corrected chi connectivity index (χ3v) is 6.84. The molecule has 3 aromatic heterocycles. The number of para-hydroxylation sites is 1. The highest BCUT2D eigenvalue weighted by molar-refractivity contribution is 7.80. The number of fused-ring (bicyclic) bond motifs is 1. The molecule has 0 saturated heterocycles. The summed E-state index contributed by atoms with van der Waals surface area (Å²) in [4.78, 5) is 67.8. The summed E-state index contributed by atoms with van der Waals surface area (Å²) in [6.45, 7) is 0. The summed E-state index contributed by atoms with van der Waals surface area (Å²) in [7, 11) is 0. The van der Waals surface area contributed by atoms with Crippen LogP contribution in [0.5, 0.6) is 0 Å². The molecule has 3 heterocycles. The molecule has 0 saturated carbocycles. The Labute approximate surface area is 239 Å². The van der Waals surface area contributed by atoms with Gasteiger partial charge in [-0.05, 0) is 11.6 Å². The first kappa shape index (κ1) is 29.4. The van der Waals surface area contributed by atoms with Gasteiger partial charge in [0.1, 0.15) is 18.1 Å². The number of carbonyl (C=O) groups is 4. The fourth-order valence-electron chi connectivity index (χ4n) is 4.29. The fourth-order valence-corrected chi connectivity index (χ4v) is 4.55. The Bertz CT molecular complexity index is 1470. The number of carboxylic acids is 1. The minimum Gasteiger partial charge on any atom is -0.480 e. The van der Waals surface area contributed by atoms with Crippen LogP contribution in [0.15, 0.2) is 55.5 Å². The molecule has 0 aliphatic heterocycles. The van der Waals surface area contributed by atoms with E-state index < -0.39 is 47.9 Å². The zero-order valence-electron chi connectivity index (χ0n) is 21.8. The number of rotatable bonds is 14. The maximum absolute atomic E-state index is 13.5. The molecule has 4 rings (SSSR count). The highest BCUT2D eigenvalue weighted by Gasteiger charge is 2.30. The van der Waals surface area contributed by atoms with Gasteiger partial charge in [0.05, 0.1) is 18.7 Å². The number of nitrogens with two attached hydrogens (primary N) is 1. The third-order valence-electron chi connectivity index (χ3n) is 6.47. The van der Waals surface area contributed by atoms with Crippen LogP contribution in [0.1, 0.15) is 17.0 Å². The minimum atomic E-state index is -1.27. The molecule has 4 atom stereocenters. The van der Waals surface area contributed by atoms with Gasteiger partial charge in [0.2, 0.25) is 17.7 Å². The summed E-state index contributed by atoms with van der Waals surface area (Å²) >= 11 is 4.19. The SMILES string of the molecule is NC(Cc1cnc[nH]1)C(=O)NC(Cc1c[nH]c2ccccc12)C(=O)NC(CS)C(=O)NC(Cc1cnc[nH]1)C(=O)O. The van der Waals surface area contributed by atoms with Gasteiger partial charge in [-0.15, -0.1) is 0 Å². The predicted molar refractivity (Wildman–Crippen MR) is 152 cm³/mol. The molecular formula is C26H31N9O5S. The fraction of sp³-hybridized carbons (Fsp3) is 0.308. The van der Waals surface area contributed by atoms with Crippen LogP contribution < -0.4 is 21.7 Å². The summed E-state index contributed by atoms with van der Waals surface area (Å²) in [6, 6.07) is 2.96. The number of imidazole rings is 2. The molecule has 0 spiro atoms. The van der Waals surface area contributed by atoms with Crippen LogP contribution in [0, 0.1) is 0 Å². The Hall–Kier alpha value is -4.63. The number of aliphatic carboxylic acids is 1. The Morgan fingerprint density at radius 3 is 2.07 bits per heavy atom. The van der Waals surface area contributed by atoms with Gasteiger partial charge in [0, 0.05) is 65.9 Å². The first-order chi connectivity index (χ1) is 19.7. The zero-order valence-corrected chi connectivity index (χ0v) is 22.7. The van der Waals surface area contributed by atoms with Crippen LogP contribution in [-0.2, 0) is 38.4 Å². The molecule has 3 amide bonds. The molecule has 9 N–H and O–H groups in total. The van der Waals surface area contributed by atoms with Crippen molar-refractivity contribution in [3.05, 3.63) is 72.5 Å². The van der Waals surface area contributed by atoms with Crippen molar-refractivity contribution in [2.24, 2.45) is 5.73 Å². The van der Waals surface area contributed by atoms with Gasteiger partial charge in [0.25, 0.3) is 0 Å². The van der Waals surface area contributed by atoms with Crippen molar-refractivity contribution < 1.29 is 24.3 Å². The van der Waals surface area contributed by atoms with E-state index in [9.17, 15) is 24.3 Å². The largest absolute Gasteiger partial charge is 0.480 e. The van der Waals surface area contributed by atoms with Gasteiger partial charge < -0.3 is 41.7 Å². The smallest absolute Gasteiger partial charge is 0.326 e. The summed E-state index contributed by atoms with van der Waals surface area (Å²) in [6.07, 6.45) is 7.85. The lowest BCUT2D eigenvalue weighted by Crippen LogP contribution is -2.58. The summed E-state index contributed by atoms with van der Waals surface area (Å²) < 4.78 is 0. The quantitative estimate of drug-likeness (QED) is 0.0875. The average Bonchev–Trinajstić information content (AvgIpc) is 3.74. The number of nitrogens with zero attached hydrogens (tertiary/aromatic N) is 2. The standard InChI is InChI=1S/C26H31N9O5S/c27-18(6-15-9-28-12-31-15)23(36)33-20(5-14-8-30-19-4-2-1-3-17(14)19)24(37)35-22(11-41)25(38)34-21(26(39)40)7-16-10-29-13-32-16/h1-4,8-10,12-13,18,20-22,30,41H,5-7,11,27H2,(H,28,31)(H,29,32)(H,33,36)(H,34,38)(H,35,37)(H,39,40). The number of H-pyrrole nitrogens is 3. The number of nitrogens with one attached hydrogen (secondary N) is 6. The van der Waals surface area contributed by atoms with Gasteiger partial charge in [0.15, 0.2) is 0 Å². The van der Waals surface area contributed by atoms with E-state index in [1.54, 1.807) is 12.4 Å². The second-order valence-corrected chi connectivity index (χ2v) is 9.80. The van der Waals surface area contributed by atoms with Crippen LogP contribution in [0.2, 0.25) is 0 Å². The Kier molecular flexibility index (Phi) is 9.76. The molecule has 216 valence electrons. The van der Waals surface area contributed by atoms with E-state index in [0.29, 0.717) is 11.4 Å². The van der Waals surface area contributed by atoms with E-state index in [-0.39, 0.29) is 25.0 Å². The number of aromatic nitrogens is 5. The van der Waals surface area contributed by atoms with Gasteiger partial charge in [-0.25, -0.2) is 14.8 Å². The van der Waals surface area contributed by atoms with Crippen molar-refractivity contribution in [3.63, 3.8) is 0 Å². The third kappa shape index (κ3) is 7.73. The number of hydrogen-bond donors (Lipinski definition) is 9. The first-order valence-electron chi connectivity index (χ1n) is 12.7. The monoisotopic (exact) mass is 581 g/mol. The second kappa shape index (κ2) is 13.6. The predicted octanol–water partition coefficient (Wildman–Crippen LogP) is -0.562. The molecule has 14 nitrogen and oxygen atoms in total. The normalized spacial score (nSPS) is 14.1. The van der Waals surface area contributed by atoms with Crippen molar-refractivity contribution in [3.8, 4) is 0 Å². The molecule has 15 heteroatoms. The number of aromatic amines is 3. The van der Waals surface area contributed by atoms with Gasteiger partial charge in [-0.3, -0.25) is 14.4 Å². The highest BCUT2D eigenvalue weighted by Crippen LogP contribution is 2.19. The topological polar surface area (TPSA) is 224 Å². The molecule has 0 radical (unpaired) electrons. The van der Waals surface area contributed by atoms with Crippen LogP contribution >= 0.6 is 12.6 Å². The second-order valence-electron chi connectivity index (χ2n) is 9.44. The maximum atomic E-state index is 13.5. The lowest BCUT2D eigenvalue weighted by Gasteiger charge is -2.24. The summed E-state index contributed by atoms with van der Waals surface area (Å²) in [5.41, 5.74) is 8.88. The van der Waals surface area contributed by atoms with E-state index in [0.717, 1.165) is 16.5 Å². The number of thiol groups is 1. The summed E-state index contributed by atoms with van der Waals surface area (Å²) in [5, 5.41) is 18.2. The number of hydrogen-bond acceptors (Lipinski definition) is 8. The van der Waals surface area contributed by atoms with E-state index >= 15 is 0 Å². The molecule has 0 aliphatic rings. The van der Waals surface area contributed by atoms with Crippen molar-refractivity contribution in [2.75, 3.05) is 5.75 Å². The lowest BCUT2D eigenvalue weighted by molar-refractivity contribution is -0.142. The first-order valence-corrected chi connectivity index (χ1v) is 13.4. The van der Waals surface area contributed by atoms with Crippen molar-refractivity contribution in [2.45, 2.75) is 43.4 Å². The molecule has 4 unspecified atom stereocenters. The molecule has 1 aromatic carbocycles. The van der Waals surface area contributed by atoms with E-state index in [1.165, 1.54) is 18.9 Å². The summed E-state index contributed by atoms with van der Waals surface area (Å²) in [5.74, 6) is -3.36.